The smallest absolute Gasteiger partial charge is 0.243 e. The van der Waals surface area contributed by atoms with Crippen LogP contribution >= 0.6 is 0 Å². The second-order valence-corrected chi connectivity index (χ2v) is 6.12. The number of nitrogens with zero attached hydrogens (tertiary/aromatic N) is 1. The summed E-state index contributed by atoms with van der Waals surface area (Å²) in [7, 11) is -3.41. The van der Waals surface area contributed by atoms with Gasteiger partial charge in [-0.1, -0.05) is 32.0 Å². The molecule has 4 nitrogen and oxygen atoms in total. The Labute approximate surface area is 110 Å². The largest absolute Gasteiger partial charge is 0.326 e. The van der Waals surface area contributed by atoms with Gasteiger partial charge < -0.3 is 5.73 Å². The third-order valence-corrected chi connectivity index (χ3v) is 4.76. The van der Waals surface area contributed by atoms with Gasteiger partial charge in [-0.25, -0.2) is 8.42 Å². The van der Waals surface area contributed by atoms with Gasteiger partial charge in [-0.2, -0.15) is 4.31 Å². The average Bonchev–Trinajstić information content (AvgIpc) is 2.38. The Morgan fingerprint density at radius 3 is 2.17 bits per heavy atom. The van der Waals surface area contributed by atoms with Gasteiger partial charge in [0.15, 0.2) is 0 Å². The molecular weight excluding hydrogens is 248 g/mol. The van der Waals surface area contributed by atoms with Gasteiger partial charge in [-0.3, -0.25) is 0 Å². The predicted octanol–water partition coefficient (Wildman–Crippen LogP) is 1.96. The molecule has 0 radical (unpaired) electrons. The van der Waals surface area contributed by atoms with E-state index in [-0.39, 0.29) is 6.54 Å². The highest BCUT2D eigenvalue weighted by molar-refractivity contribution is 7.89. The number of nitrogens with two attached hydrogens (primary N) is 1. The molecule has 0 fully saturated rings. The molecule has 18 heavy (non-hydrogen) atoms. The lowest BCUT2D eigenvalue weighted by Gasteiger charge is -2.22. The first kappa shape index (κ1) is 15.1. The molecule has 0 saturated heterocycles. The van der Waals surface area contributed by atoms with E-state index >= 15 is 0 Å². The highest BCUT2D eigenvalue weighted by Crippen LogP contribution is 2.20. The Morgan fingerprint density at radius 2 is 1.67 bits per heavy atom. The predicted molar refractivity (Wildman–Crippen MR) is 73.7 cm³/mol. The topological polar surface area (TPSA) is 63.4 Å². The summed E-state index contributed by atoms with van der Waals surface area (Å²) < 4.78 is 26.7. The second kappa shape index (κ2) is 6.87. The van der Waals surface area contributed by atoms with Crippen molar-refractivity contribution in [1.82, 2.24) is 4.31 Å². The molecule has 0 aliphatic rings. The molecule has 0 bridgehead atoms. The lowest BCUT2D eigenvalue weighted by molar-refractivity contribution is 0.409. The summed E-state index contributed by atoms with van der Waals surface area (Å²) in [6.07, 6.45) is 1.62. The van der Waals surface area contributed by atoms with E-state index in [0.29, 0.717) is 23.5 Å². The number of rotatable bonds is 7. The lowest BCUT2D eigenvalue weighted by atomic mass is 10.2. The van der Waals surface area contributed by atoms with E-state index in [4.69, 9.17) is 5.73 Å². The minimum atomic E-state index is -3.41. The van der Waals surface area contributed by atoms with Crippen molar-refractivity contribution in [3.05, 3.63) is 29.8 Å². The third kappa shape index (κ3) is 3.31. The van der Waals surface area contributed by atoms with Crippen LogP contribution in [0.3, 0.4) is 0 Å². The molecule has 0 atom stereocenters. The van der Waals surface area contributed by atoms with Crippen molar-refractivity contribution in [3.8, 4) is 0 Å². The molecule has 1 aromatic carbocycles. The van der Waals surface area contributed by atoms with Gasteiger partial charge in [-0.05, 0) is 24.5 Å². The van der Waals surface area contributed by atoms with E-state index in [1.54, 1.807) is 22.5 Å². The van der Waals surface area contributed by atoms with Crippen LogP contribution in [-0.4, -0.2) is 25.8 Å². The summed E-state index contributed by atoms with van der Waals surface area (Å²) in [6, 6.07) is 6.95. The first-order valence-electron chi connectivity index (χ1n) is 6.36. The van der Waals surface area contributed by atoms with Crippen LogP contribution in [0, 0.1) is 0 Å². The SMILES string of the molecule is CCCN(CCC)S(=O)(=O)c1ccccc1CN. The maximum atomic E-state index is 12.6. The molecule has 0 saturated carbocycles. The molecule has 0 aliphatic carbocycles. The molecule has 0 unspecified atom stereocenters. The summed E-state index contributed by atoms with van der Waals surface area (Å²) in [5.74, 6) is 0. The number of hydrogen-bond donors (Lipinski definition) is 1. The Balaban J connectivity index is 3.17. The van der Waals surface area contributed by atoms with Crippen LogP contribution in [-0.2, 0) is 16.6 Å². The van der Waals surface area contributed by atoms with Crippen LogP contribution in [0.1, 0.15) is 32.3 Å². The van der Waals surface area contributed by atoms with Crippen LogP contribution in [0.2, 0.25) is 0 Å². The molecule has 0 aromatic heterocycles. The first-order valence-corrected chi connectivity index (χ1v) is 7.80. The molecule has 0 amide bonds. The maximum Gasteiger partial charge on any atom is 0.243 e. The summed E-state index contributed by atoms with van der Waals surface area (Å²) in [6.45, 7) is 5.30. The number of sulfonamides is 1. The van der Waals surface area contributed by atoms with Crippen LogP contribution in [0.25, 0.3) is 0 Å². The lowest BCUT2D eigenvalue weighted by Crippen LogP contribution is -2.33. The minimum Gasteiger partial charge on any atom is -0.326 e. The quantitative estimate of drug-likeness (QED) is 0.823. The van der Waals surface area contributed by atoms with Crippen LogP contribution in [0.5, 0.6) is 0 Å². The standard InChI is InChI=1S/C13H22N2O2S/c1-3-9-15(10-4-2)18(16,17)13-8-6-5-7-12(13)11-14/h5-8H,3-4,9-11,14H2,1-2H3. The zero-order valence-corrected chi connectivity index (χ0v) is 11.9. The van der Waals surface area contributed by atoms with Crippen molar-refractivity contribution in [2.24, 2.45) is 5.73 Å². The molecule has 0 aliphatic heterocycles. The molecule has 0 heterocycles. The van der Waals surface area contributed by atoms with Crippen LogP contribution in [0.4, 0.5) is 0 Å². The van der Waals surface area contributed by atoms with Gasteiger partial charge in [0.05, 0.1) is 4.90 Å². The van der Waals surface area contributed by atoms with E-state index in [9.17, 15) is 8.42 Å². The molecule has 5 heteroatoms. The maximum absolute atomic E-state index is 12.6. The molecule has 102 valence electrons. The van der Waals surface area contributed by atoms with Gasteiger partial charge in [0, 0.05) is 19.6 Å². The third-order valence-electron chi connectivity index (χ3n) is 2.76. The monoisotopic (exact) mass is 270 g/mol. The summed E-state index contributed by atoms with van der Waals surface area (Å²) in [5, 5.41) is 0. The van der Waals surface area contributed by atoms with Crippen LogP contribution < -0.4 is 5.73 Å². The first-order chi connectivity index (χ1) is 8.57. The Bertz CT molecular complexity index is 466. The molecule has 2 N–H and O–H groups in total. The van der Waals surface area contributed by atoms with Crippen molar-refractivity contribution in [3.63, 3.8) is 0 Å². The van der Waals surface area contributed by atoms with E-state index in [2.05, 4.69) is 0 Å². The summed E-state index contributed by atoms with van der Waals surface area (Å²) in [4.78, 5) is 0.342. The van der Waals surface area contributed by atoms with Crippen molar-refractivity contribution in [2.75, 3.05) is 13.1 Å². The minimum absolute atomic E-state index is 0.238. The molecule has 0 spiro atoms. The van der Waals surface area contributed by atoms with Crippen molar-refractivity contribution in [2.45, 2.75) is 38.1 Å². The Hall–Kier alpha value is -0.910. The van der Waals surface area contributed by atoms with Gasteiger partial charge in [0.1, 0.15) is 0 Å². The van der Waals surface area contributed by atoms with Gasteiger partial charge in [0.2, 0.25) is 10.0 Å². The fourth-order valence-electron chi connectivity index (χ4n) is 1.91. The number of hydrogen-bond acceptors (Lipinski definition) is 3. The van der Waals surface area contributed by atoms with Gasteiger partial charge in [0.25, 0.3) is 0 Å². The zero-order valence-electron chi connectivity index (χ0n) is 11.1. The van der Waals surface area contributed by atoms with Crippen molar-refractivity contribution in [1.29, 1.82) is 0 Å². The van der Waals surface area contributed by atoms with Gasteiger partial charge in [-0.15, -0.1) is 0 Å². The Morgan fingerprint density at radius 1 is 1.11 bits per heavy atom. The van der Waals surface area contributed by atoms with Gasteiger partial charge >= 0.3 is 0 Å². The normalized spacial score (nSPS) is 12.0. The number of benzene rings is 1. The molecular formula is C13H22N2O2S. The fourth-order valence-corrected chi connectivity index (χ4v) is 3.77. The highest BCUT2D eigenvalue weighted by atomic mass is 32.2. The van der Waals surface area contributed by atoms with E-state index in [1.165, 1.54) is 0 Å². The summed E-state index contributed by atoms with van der Waals surface area (Å²) >= 11 is 0. The zero-order chi connectivity index (χ0) is 13.6. The summed E-state index contributed by atoms with van der Waals surface area (Å²) in [5.41, 5.74) is 6.29. The van der Waals surface area contributed by atoms with Crippen molar-refractivity contribution < 1.29 is 8.42 Å². The van der Waals surface area contributed by atoms with E-state index < -0.39 is 10.0 Å². The van der Waals surface area contributed by atoms with Crippen LogP contribution in [0.15, 0.2) is 29.2 Å². The van der Waals surface area contributed by atoms with Crippen molar-refractivity contribution >= 4 is 10.0 Å². The molecule has 1 aromatic rings. The van der Waals surface area contributed by atoms with E-state index in [0.717, 1.165) is 12.8 Å². The molecule has 1 rings (SSSR count). The average molecular weight is 270 g/mol. The van der Waals surface area contributed by atoms with E-state index in [1.807, 2.05) is 19.9 Å². The second-order valence-electron chi connectivity index (χ2n) is 4.22. The highest BCUT2D eigenvalue weighted by Gasteiger charge is 2.24. The Kier molecular flexibility index (Phi) is 5.78. The fraction of sp³-hybridized carbons (Fsp3) is 0.538.